The lowest BCUT2D eigenvalue weighted by atomic mass is 10.1. The maximum absolute atomic E-state index is 12.1. The second kappa shape index (κ2) is 10.3. The third-order valence-electron chi connectivity index (χ3n) is 4.52. The standard InChI is InChI=1S/C20H31N3O2/c1-4-5-13-25-17(2)20(24)21-15-18-7-6-8-19(14-18)16-23-11-9-22(3)10-12-23/h4,6-8,14,17H,1,5,9-13,15-16H2,2-3H3,(H,21,24). The van der Waals surface area contributed by atoms with Gasteiger partial charge in [-0.3, -0.25) is 9.69 Å². The van der Waals surface area contributed by atoms with Crippen molar-refractivity contribution in [2.45, 2.75) is 32.5 Å². The monoisotopic (exact) mass is 345 g/mol. The second-order valence-corrected chi connectivity index (χ2v) is 6.71. The van der Waals surface area contributed by atoms with E-state index in [2.05, 4.69) is 53.0 Å². The van der Waals surface area contributed by atoms with Crippen LogP contribution in [-0.4, -0.2) is 61.6 Å². The van der Waals surface area contributed by atoms with Crippen LogP contribution < -0.4 is 5.32 Å². The zero-order chi connectivity index (χ0) is 18.1. The summed E-state index contributed by atoms with van der Waals surface area (Å²) in [6, 6.07) is 8.46. The molecular formula is C20H31N3O2. The largest absolute Gasteiger partial charge is 0.368 e. The molecule has 0 spiro atoms. The van der Waals surface area contributed by atoms with Gasteiger partial charge in [0.1, 0.15) is 6.10 Å². The zero-order valence-corrected chi connectivity index (χ0v) is 15.5. The van der Waals surface area contributed by atoms with Crippen LogP contribution in [0.5, 0.6) is 0 Å². The van der Waals surface area contributed by atoms with E-state index < -0.39 is 6.10 Å². The highest BCUT2D eigenvalue weighted by atomic mass is 16.5. The van der Waals surface area contributed by atoms with Crippen molar-refractivity contribution in [2.24, 2.45) is 0 Å². The van der Waals surface area contributed by atoms with Gasteiger partial charge >= 0.3 is 0 Å². The topological polar surface area (TPSA) is 44.8 Å². The number of piperazine rings is 1. The first-order valence-electron chi connectivity index (χ1n) is 9.07. The maximum atomic E-state index is 12.1. The van der Waals surface area contributed by atoms with E-state index in [-0.39, 0.29) is 5.91 Å². The lowest BCUT2D eigenvalue weighted by Gasteiger charge is -2.32. The molecule has 0 aliphatic carbocycles. The van der Waals surface area contributed by atoms with E-state index in [9.17, 15) is 4.79 Å². The van der Waals surface area contributed by atoms with E-state index in [1.807, 2.05) is 0 Å². The SMILES string of the molecule is C=CCCOC(C)C(=O)NCc1cccc(CN2CCN(C)CC2)c1. The maximum Gasteiger partial charge on any atom is 0.249 e. The molecule has 1 atom stereocenters. The molecule has 0 aromatic heterocycles. The van der Waals surface area contributed by atoms with Crippen LogP contribution in [0.3, 0.4) is 0 Å². The third-order valence-corrected chi connectivity index (χ3v) is 4.52. The zero-order valence-electron chi connectivity index (χ0n) is 15.5. The average molecular weight is 345 g/mol. The molecule has 1 fully saturated rings. The summed E-state index contributed by atoms with van der Waals surface area (Å²) in [7, 11) is 2.17. The van der Waals surface area contributed by atoms with Crippen molar-refractivity contribution in [2.75, 3.05) is 39.8 Å². The van der Waals surface area contributed by atoms with Crippen molar-refractivity contribution in [1.29, 1.82) is 0 Å². The van der Waals surface area contributed by atoms with Crippen LogP contribution in [0.25, 0.3) is 0 Å². The summed E-state index contributed by atoms with van der Waals surface area (Å²) in [5.41, 5.74) is 2.42. The highest BCUT2D eigenvalue weighted by Gasteiger charge is 2.15. The molecule has 2 rings (SSSR count). The van der Waals surface area contributed by atoms with Crippen LogP contribution in [0.2, 0.25) is 0 Å². The summed E-state index contributed by atoms with van der Waals surface area (Å²) >= 11 is 0. The minimum atomic E-state index is -0.437. The van der Waals surface area contributed by atoms with Crippen LogP contribution in [0, 0.1) is 0 Å². The molecule has 1 heterocycles. The molecule has 1 unspecified atom stereocenters. The number of ether oxygens (including phenoxy) is 1. The van der Waals surface area contributed by atoms with E-state index >= 15 is 0 Å². The highest BCUT2D eigenvalue weighted by Crippen LogP contribution is 2.10. The predicted molar refractivity (Wildman–Crippen MR) is 101 cm³/mol. The lowest BCUT2D eigenvalue weighted by molar-refractivity contribution is -0.131. The Morgan fingerprint density at radius 2 is 2.04 bits per heavy atom. The van der Waals surface area contributed by atoms with Gasteiger partial charge < -0.3 is 15.0 Å². The molecular weight excluding hydrogens is 314 g/mol. The van der Waals surface area contributed by atoms with E-state index in [0.717, 1.165) is 44.7 Å². The first kappa shape index (κ1) is 19.6. The number of rotatable bonds is 9. The molecule has 138 valence electrons. The van der Waals surface area contributed by atoms with E-state index in [1.54, 1.807) is 13.0 Å². The Balaban J connectivity index is 1.78. The second-order valence-electron chi connectivity index (χ2n) is 6.71. The van der Waals surface area contributed by atoms with Gasteiger partial charge in [-0.25, -0.2) is 0 Å². The number of carbonyl (C=O) groups excluding carboxylic acids is 1. The Bertz CT molecular complexity index is 554. The van der Waals surface area contributed by atoms with Crippen LogP contribution in [0.1, 0.15) is 24.5 Å². The Kier molecular flexibility index (Phi) is 8.12. The van der Waals surface area contributed by atoms with E-state index in [4.69, 9.17) is 4.74 Å². The molecule has 1 aliphatic rings. The average Bonchev–Trinajstić information content (AvgIpc) is 2.62. The molecule has 1 amide bonds. The molecule has 1 N–H and O–H groups in total. The summed E-state index contributed by atoms with van der Waals surface area (Å²) < 4.78 is 5.47. The Labute approximate surface area is 151 Å². The first-order valence-corrected chi connectivity index (χ1v) is 9.07. The van der Waals surface area contributed by atoms with Crippen molar-refractivity contribution in [3.8, 4) is 0 Å². The molecule has 0 bridgehead atoms. The lowest BCUT2D eigenvalue weighted by Crippen LogP contribution is -2.43. The molecule has 25 heavy (non-hydrogen) atoms. The fourth-order valence-electron chi connectivity index (χ4n) is 2.84. The van der Waals surface area contributed by atoms with Crippen LogP contribution >= 0.6 is 0 Å². The summed E-state index contributed by atoms with van der Waals surface area (Å²) in [5, 5.41) is 2.95. The molecule has 1 aromatic carbocycles. The van der Waals surface area contributed by atoms with Gasteiger partial charge in [0.15, 0.2) is 0 Å². The van der Waals surface area contributed by atoms with Crippen molar-refractivity contribution in [1.82, 2.24) is 15.1 Å². The fourth-order valence-corrected chi connectivity index (χ4v) is 2.84. The normalized spacial score (nSPS) is 17.2. The molecule has 1 saturated heterocycles. The smallest absolute Gasteiger partial charge is 0.249 e. The van der Waals surface area contributed by atoms with E-state index in [0.29, 0.717) is 13.2 Å². The van der Waals surface area contributed by atoms with Gasteiger partial charge in [0, 0.05) is 39.3 Å². The Hall–Kier alpha value is -1.69. The molecule has 0 saturated carbocycles. The van der Waals surface area contributed by atoms with Gasteiger partial charge in [0.2, 0.25) is 5.91 Å². The number of hydrogen-bond donors (Lipinski definition) is 1. The minimum absolute atomic E-state index is 0.0754. The molecule has 5 nitrogen and oxygen atoms in total. The Morgan fingerprint density at radius 3 is 2.76 bits per heavy atom. The van der Waals surface area contributed by atoms with Gasteiger partial charge in [0.05, 0.1) is 6.61 Å². The number of likely N-dealkylation sites (N-methyl/N-ethyl adjacent to an activating group) is 1. The molecule has 1 aliphatic heterocycles. The van der Waals surface area contributed by atoms with Gasteiger partial charge in [-0.15, -0.1) is 6.58 Å². The molecule has 0 radical (unpaired) electrons. The third kappa shape index (κ3) is 6.98. The van der Waals surface area contributed by atoms with Crippen molar-refractivity contribution >= 4 is 5.91 Å². The van der Waals surface area contributed by atoms with Gasteiger partial charge in [-0.1, -0.05) is 30.3 Å². The van der Waals surface area contributed by atoms with Crippen LogP contribution in [0.15, 0.2) is 36.9 Å². The summed E-state index contributed by atoms with van der Waals surface area (Å²) in [6.45, 7) is 11.9. The summed E-state index contributed by atoms with van der Waals surface area (Å²) in [5.74, 6) is -0.0754. The van der Waals surface area contributed by atoms with Crippen LogP contribution in [0.4, 0.5) is 0 Å². The molecule has 1 aromatic rings. The number of nitrogens with zero attached hydrogens (tertiary/aromatic N) is 2. The number of amides is 1. The number of nitrogens with one attached hydrogen (secondary N) is 1. The van der Waals surface area contributed by atoms with Gasteiger partial charge in [-0.2, -0.15) is 0 Å². The number of benzene rings is 1. The number of carbonyl (C=O) groups is 1. The fraction of sp³-hybridized carbons (Fsp3) is 0.550. The summed E-state index contributed by atoms with van der Waals surface area (Å²) in [4.78, 5) is 16.9. The first-order chi connectivity index (χ1) is 12.1. The van der Waals surface area contributed by atoms with Crippen molar-refractivity contribution in [3.05, 3.63) is 48.0 Å². The summed E-state index contributed by atoms with van der Waals surface area (Å²) in [6.07, 6.45) is 2.11. The van der Waals surface area contributed by atoms with Crippen molar-refractivity contribution < 1.29 is 9.53 Å². The van der Waals surface area contributed by atoms with Gasteiger partial charge in [-0.05, 0) is 31.5 Å². The highest BCUT2D eigenvalue weighted by molar-refractivity contribution is 5.80. The van der Waals surface area contributed by atoms with Crippen molar-refractivity contribution in [3.63, 3.8) is 0 Å². The molecule has 5 heteroatoms. The van der Waals surface area contributed by atoms with Crippen LogP contribution in [-0.2, 0) is 22.6 Å². The minimum Gasteiger partial charge on any atom is -0.368 e. The Morgan fingerprint density at radius 1 is 1.32 bits per heavy atom. The predicted octanol–water partition coefficient (Wildman–Crippen LogP) is 2.03. The quantitative estimate of drug-likeness (QED) is 0.549. The van der Waals surface area contributed by atoms with E-state index in [1.165, 1.54) is 5.56 Å². The van der Waals surface area contributed by atoms with Gasteiger partial charge in [0.25, 0.3) is 0 Å². The number of hydrogen-bond acceptors (Lipinski definition) is 4.